The molecule has 0 aromatic carbocycles. The van der Waals surface area contributed by atoms with Gasteiger partial charge in [0.05, 0.1) is 12.8 Å². The van der Waals surface area contributed by atoms with Crippen molar-refractivity contribution in [1.29, 1.82) is 0 Å². The van der Waals surface area contributed by atoms with Crippen molar-refractivity contribution in [3.8, 4) is 0 Å². The van der Waals surface area contributed by atoms with Gasteiger partial charge in [0.15, 0.2) is 0 Å². The maximum absolute atomic E-state index is 12.8. The maximum atomic E-state index is 12.8. The Balaban J connectivity index is 1.32. The van der Waals surface area contributed by atoms with Crippen molar-refractivity contribution in [3.05, 3.63) is 24.2 Å². The molecule has 2 aliphatic carbocycles. The Hall–Kier alpha value is -1.78. The number of rotatable bonds is 5. The van der Waals surface area contributed by atoms with Gasteiger partial charge in [-0.25, -0.2) is 0 Å². The standard InChI is InChI=1S/C19H26N2O3/c22-18(11-15-10-13-5-6-14(15)9-13)21-7-1-4-17(21)19(23)20-12-16-3-2-8-24-16/h2-3,8,13-15,17H,1,4-7,9-12H2,(H,20,23)/t13-,14-,15+,17-/m0/s1. The zero-order chi connectivity index (χ0) is 16.5. The van der Waals surface area contributed by atoms with Gasteiger partial charge in [-0.2, -0.15) is 0 Å². The quantitative estimate of drug-likeness (QED) is 0.903. The highest BCUT2D eigenvalue weighted by atomic mass is 16.3. The Labute approximate surface area is 142 Å². The summed E-state index contributed by atoms with van der Waals surface area (Å²) in [6.45, 7) is 1.11. The molecule has 2 bridgehead atoms. The fraction of sp³-hybridized carbons (Fsp3) is 0.684. The molecule has 5 nitrogen and oxygen atoms in total. The molecule has 4 rings (SSSR count). The molecule has 0 unspecified atom stereocenters. The van der Waals surface area contributed by atoms with Gasteiger partial charge in [-0.1, -0.05) is 6.42 Å². The Morgan fingerprint density at radius 2 is 2.17 bits per heavy atom. The summed E-state index contributed by atoms with van der Waals surface area (Å²) in [5.74, 6) is 3.05. The van der Waals surface area contributed by atoms with Gasteiger partial charge in [0, 0.05) is 13.0 Å². The molecule has 2 saturated carbocycles. The first kappa shape index (κ1) is 15.7. The lowest BCUT2D eigenvalue weighted by molar-refractivity contribution is -0.139. The highest BCUT2D eigenvalue weighted by Gasteiger charge is 2.42. The number of fused-ring (bicyclic) bond motifs is 2. The second kappa shape index (κ2) is 6.61. The molecule has 0 spiro atoms. The van der Waals surface area contributed by atoms with Gasteiger partial charge in [0.1, 0.15) is 11.8 Å². The molecule has 1 saturated heterocycles. The topological polar surface area (TPSA) is 62.6 Å². The van der Waals surface area contributed by atoms with Crippen LogP contribution in [0.4, 0.5) is 0 Å². The lowest BCUT2D eigenvalue weighted by Gasteiger charge is -2.27. The van der Waals surface area contributed by atoms with Gasteiger partial charge in [0.2, 0.25) is 11.8 Å². The average molecular weight is 330 g/mol. The van der Waals surface area contributed by atoms with Crippen LogP contribution in [-0.4, -0.2) is 29.3 Å². The number of carbonyl (C=O) groups excluding carboxylic acids is 2. The first-order valence-electron chi connectivity index (χ1n) is 9.30. The number of furan rings is 1. The molecule has 24 heavy (non-hydrogen) atoms. The van der Waals surface area contributed by atoms with Crippen LogP contribution in [0, 0.1) is 17.8 Å². The number of likely N-dealkylation sites (tertiary alicyclic amines) is 1. The first-order chi connectivity index (χ1) is 11.7. The molecule has 2 heterocycles. The minimum atomic E-state index is -0.300. The number of hydrogen-bond donors (Lipinski definition) is 1. The minimum absolute atomic E-state index is 0.0507. The summed E-state index contributed by atoms with van der Waals surface area (Å²) in [6, 6.07) is 3.35. The third-order valence-electron chi connectivity index (χ3n) is 6.21. The minimum Gasteiger partial charge on any atom is -0.467 e. The van der Waals surface area contributed by atoms with Crippen LogP contribution < -0.4 is 5.32 Å². The van der Waals surface area contributed by atoms with Crippen molar-refractivity contribution in [2.75, 3.05) is 6.54 Å². The van der Waals surface area contributed by atoms with E-state index in [4.69, 9.17) is 4.42 Å². The van der Waals surface area contributed by atoms with Crippen LogP contribution in [-0.2, 0) is 16.1 Å². The number of amides is 2. The summed E-state index contributed by atoms with van der Waals surface area (Å²) in [5.41, 5.74) is 0. The predicted molar refractivity (Wildman–Crippen MR) is 88.8 cm³/mol. The SMILES string of the molecule is O=C(NCc1ccco1)[C@@H]1CCCN1C(=O)C[C@H]1C[C@H]2CC[C@H]1C2. The summed E-state index contributed by atoms with van der Waals surface area (Å²) in [7, 11) is 0. The second-order valence-corrected chi connectivity index (χ2v) is 7.68. The van der Waals surface area contributed by atoms with Crippen molar-refractivity contribution in [2.45, 2.75) is 57.5 Å². The van der Waals surface area contributed by atoms with Crippen molar-refractivity contribution >= 4 is 11.8 Å². The lowest BCUT2D eigenvalue weighted by Crippen LogP contribution is -2.46. The van der Waals surface area contributed by atoms with E-state index in [1.807, 2.05) is 17.0 Å². The van der Waals surface area contributed by atoms with E-state index < -0.39 is 0 Å². The Morgan fingerprint density at radius 3 is 2.88 bits per heavy atom. The average Bonchev–Trinajstić information content (AvgIpc) is 3.36. The molecule has 1 aromatic heterocycles. The highest BCUT2D eigenvalue weighted by molar-refractivity contribution is 5.88. The van der Waals surface area contributed by atoms with E-state index in [0.29, 0.717) is 18.9 Å². The van der Waals surface area contributed by atoms with Gasteiger partial charge < -0.3 is 14.6 Å². The van der Waals surface area contributed by atoms with Crippen LogP contribution in [0.25, 0.3) is 0 Å². The summed E-state index contributed by atoms with van der Waals surface area (Å²) in [6.07, 6.45) is 9.14. The van der Waals surface area contributed by atoms with E-state index in [-0.39, 0.29) is 17.9 Å². The maximum Gasteiger partial charge on any atom is 0.243 e. The first-order valence-corrected chi connectivity index (χ1v) is 9.30. The summed E-state index contributed by atoms with van der Waals surface area (Å²) >= 11 is 0. The normalized spacial score (nSPS) is 31.6. The summed E-state index contributed by atoms with van der Waals surface area (Å²) in [4.78, 5) is 27.0. The molecule has 4 atom stereocenters. The van der Waals surface area contributed by atoms with E-state index >= 15 is 0 Å². The fourth-order valence-corrected chi connectivity index (χ4v) is 5.01. The van der Waals surface area contributed by atoms with Crippen molar-refractivity contribution < 1.29 is 14.0 Å². The van der Waals surface area contributed by atoms with Crippen LogP contribution in [0.3, 0.4) is 0 Å². The van der Waals surface area contributed by atoms with Crippen LogP contribution in [0.15, 0.2) is 22.8 Å². The van der Waals surface area contributed by atoms with Gasteiger partial charge in [0.25, 0.3) is 0 Å². The van der Waals surface area contributed by atoms with Crippen LogP contribution in [0.1, 0.15) is 50.7 Å². The van der Waals surface area contributed by atoms with E-state index in [1.54, 1.807) is 6.26 Å². The zero-order valence-corrected chi connectivity index (χ0v) is 14.1. The van der Waals surface area contributed by atoms with E-state index in [2.05, 4.69) is 5.32 Å². The largest absolute Gasteiger partial charge is 0.467 e. The van der Waals surface area contributed by atoms with E-state index in [1.165, 1.54) is 25.7 Å². The van der Waals surface area contributed by atoms with E-state index in [0.717, 1.165) is 37.0 Å². The number of nitrogens with one attached hydrogen (secondary N) is 1. The lowest BCUT2D eigenvalue weighted by atomic mass is 9.86. The summed E-state index contributed by atoms with van der Waals surface area (Å²) < 4.78 is 5.24. The van der Waals surface area contributed by atoms with Crippen molar-refractivity contribution in [3.63, 3.8) is 0 Å². The molecule has 0 radical (unpaired) electrons. The van der Waals surface area contributed by atoms with Gasteiger partial charge >= 0.3 is 0 Å². The molecule has 130 valence electrons. The molecule has 2 amide bonds. The number of nitrogens with zero attached hydrogens (tertiary/aromatic N) is 1. The van der Waals surface area contributed by atoms with Gasteiger partial charge in [-0.3, -0.25) is 9.59 Å². The Morgan fingerprint density at radius 1 is 1.25 bits per heavy atom. The van der Waals surface area contributed by atoms with Crippen molar-refractivity contribution in [2.24, 2.45) is 17.8 Å². The highest BCUT2D eigenvalue weighted by Crippen LogP contribution is 2.49. The van der Waals surface area contributed by atoms with E-state index in [9.17, 15) is 9.59 Å². The van der Waals surface area contributed by atoms with Crippen LogP contribution in [0.2, 0.25) is 0 Å². The Kier molecular flexibility index (Phi) is 4.33. The molecule has 1 N–H and O–H groups in total. The second-order valence-electron chi connectivity index (χ2n) is 7.68. The van der Waals surface area contributed by atoms with Gasteiger partial charge in [-0.05, 0) is 62.0 Å². The Bertz CT molecular complexity index is 598. The third-order valence-corrected chi connectivity index (χ3v) is 6.21. The number of hydrogen-bond acceptors (Lipinski definition) is 3. The molecular formula is C19H26N2O3. The number of carbonyl (C=O) groups is 2. The predicted octanol–water partition coefficient (Wildman–Crippen LogP) is 2.71. The molecule has 1 aromatic rings. The molecule has 5 heteroatoms. The fourth-order valence-electron chi connectivity index (χ4n) is 5.01. The molecule has 3 aliphatic rings. The summed E-state index contributed by atoms with van der Waals surface area (Å²) in [5, 5.41) is 2.91. The monoisotopic (exact) mass is 330 g/mol. The smallest absolute Gasteiger partial charge is 0.243 e. The molecular weight excluding hydrogens is 304 g/mol. The molecule has 3 fully saturated rings. The molecule has 1 aliphatic heterocycles. The van der Waals surface area contributed by atoms with Crippen LogP contribution in [0.5, 0.6) is 0 Å². The van der Waals surface area contributed by atoms with Gasteiger partial charge in [-0.15, -0.1) is 0 Å². The van der Waals surface area contributed by atoms with Crippen LogP contribution >= 0.6 is 0 Å². The van der Waals surface area contributed by atoms with Crippen molar-refractivity contribution in [1.82, 2.24) is 10.2 Å². The third kappa shape index (κ3) is 3.08. The zero-order valence-electron chi connectivity index (χ0n) is 14.1.